The molecule has 1 N–H and O–H groups in total. The summed E-state index contributed by atoms with van der Waals surface area (Å²) in [5.74, 6) is 2.18. The van der Waals surface area contributed by atoms with Gasteiger partial charge in [0.2, 0.25) is 0 Å². The van der Waals surface area contributed by atoms with Crippen molar-refractivity contribution in [1.29, 1.82) is 0 Å². The third kappa shape index (κ3) is 4.87. The van der Waals surface area contributed by atoms with Gasteiger partial charge in [-0.25, -0.2) is 0 Å². The second kappa shape index (κ2) is 8.16. The molecule has 1 saturated carbocycles. The van der Waals surface area contributed by atoms with Crippen molar-refractivity contribution in [3.63, 3.8) is 0 Å². The predicted octanol–water partition coefficient (Wildman–Crippen LogP) is 3.76. The van der Waals surface area contributed by atoms with Crippen LogP contribution in [0.4, 0.5) is 0 Å². The van der Waals surface area contributed by atoms with Gasteiger partial charge in [-0.3, -0.25) is 4.21 Å². The van der Waals surface area contributed by atoms with Crippen LogP contribution in [0, 0.1) is 5.92 Å². The largest absolute Gasteiger partial charge is 0.314 e. The Labute approximate surface area is 129 Å². The molecule has 0 bridgehead atoms. The van der Waals surface area contributed by atoms with Gasteiger partial charge in [0.15, 0.2) is 0 Å². The van der Waals surface area contributed by atoms with Gasteiger partial charge in [-0.15, -0.1) is 0 Å². The fourth-order valence-electron chi connectivity index (χ4n) is 3.03. The maximum Gasteiger partial charge on any atom is 0.0485 e. The third-order valence-electron chi connectivity index (χ3n) is 4.08. The second-order valence-electron chi connectivity index (χ2n) is 5.56. The van der Waals surface area contributed by atoms with Crippen molar-refractivity contribution in [3.8, 4) is 0 Å². The highest BCUT2D eigenvalue weighted by atomic mass is 35.5. The molecule has 3 atom stereocenters. The Morgan fingerprint density at radius 2 is 2.05 bits per heavy atom. The van der Waals surface area contributed by atoms with Gasteiger partial charge < -0.3 is 5.32 Å². The molecule has 0 radical (unpaired) electrons. The summed E-state index contributed by atoms with van der Waals surface area (Å²) >= 11 is 5.86. The number of halogens is 1. The Hall–Kier alpha value is -0.380. The normalized spacial score (nSPS) is 23.9. The summed E-state index contributed by atoms with van der Waals surface area (Å²) < 4.78 is 12.2. The molecular formula is C16H24ClNOS. The van der Waals surface area contributed by atoms with E-state index in [0.29, 0.717) is 17.7 Å². The highest BCUT2D eigenvalue weighted by Crippen LogP contribution is 2.28. The van der Waals surface area contributed by atoms with E-state index in [-0.39, 0.29) is 0 Å². The van der Waals surface area contributed by atoms with Crippen molar-refractivity contribution in [2.24, 2.45) is 5.92 Å². The Morgan fingerprint density at radius 3 is 2.75 bits per heavy atom. The molecule has 0 heterocycles. The summed E-state index contributed by atoms with van der Waals surface area (Å²) in [6.07, 6.45) is 4.96. The molecule has 1 fully saturated rings. The van der Waals surface area contributed by atoms with Crippen LogP contribution in [0.5, 0.6) is 0 Å². The zero-order chi connectivity index (χ0) is 14.4. The SMILES string of the molecule is CCNC1CCCC1CCS(=O)Cc1ccc(Cl)cc1. The Balaban J connectivity index is 1.76. The number of hydrogen-bond donors (Lipinski definition) is 1. The lowest BCUT2D eigenvalue weighted by Gasteiger charge is -2.20. The Kier molecular flexibility index (Phi) is 6.53. The lowest BCUT2D eigenvalue weighted by Crippen LogP contribution is -2.32. The van der Waals surface area contributed by atoms with Crippen LogP contribution >= 0.6 is 11.6 Å². The molecule has 1 aliphatic carbocycles. The highest BCUT2D eigenvalue weighted by Gasteiger charge is 2.26. The topological polar surface area (TPSA) is 29.1 Å². The first kappa shape index (κ1) is 16.0. The first-order chi connectivity index (χ1) is 9.69. The third-order valence-corrected chi connectivity index (χ3v) is 5.68. The minimum atomic E-state index is -0.763. The number of rotatable bonds is 7. The molecule has 3 unspecified atom stereocenters. The zero-order valence-corrected chi connectivity index (χ0v) is 13.7. The van der Waals surface area contributed by atoms with Crippen LogP contribution in [0.2, 0.25) is 5.02 Å². The minimum Gasteiger partial charge on any atom is -0.314 e. The molecule has 2 rings (SSSR count). The van der Waals surface area contributed by atoms with Gasteiger partial charge in [-0.05, 0) is 49.4 Å². The Morgan fingerprint density at radius 1 is 1.30 bits per heavy atom. The number of benzene rings is 1. The molecular weight excluding hydrogens is 290 g/mol. The quantitative estimate of drug-likeness (QED) is 0.830. The second-order valence-corrected chi connectivity index (χ2v) is 7.57. The lowest BCUT2D eigenvalue weighted by molar-refractivity contribution is 0.399. The lowest BCUT2D eigenvalue weighted by atomic mass is 10.0. The van der Waals surface area contributed by atoms with Gasteiger partial charge in [-0.2, -0.15) is 0 Å². The van der Waals surface area contributed by atoms with Gasteiger partial charge in [0.05, 0.1) is 0 Å². The molecule has 2 nitrogen and oxygen atoms in total. The average molecular weight is 314 g/mol. The van der Waals surface area contributed by atoms with Crippen molar-refractivity contribution in [3.05, 3.63) is 34.9 Å². The molecule has 0 saturated heterocycles. The molecule has 0 amide bonds. The summed E-state index contributed by atoms with van der Waals surface area (Å²) in [7, 11) is -0.763. The average Bonchev–Trinajstić information content (AvgIpc) is 2.87. The van der Waals surface area contributed by atoms with Gasteiger partial charge in [0.1, 0.15) is 0 Å². The van der Waals surface area contributed by atoms with E-state index in [1.54, 1.807) is 0 Å². The van der Waals surface area contributed by atoms with Crippen LogP contribution in [0.3, 0.4) is 0 Å². The smallest absolute Gasteiger partial charge is 0.0485 e. The molecule has 1 aliphatic rings. The van der Waals surface area contributed by atoms with E-state index in [4.69, 9.17) is 11.6 Å². The number of hydrogen-bond acceptors (Lipinski definition) is 2. The van der Waals surface area contributed by atoms with Crippen molar-refractivity contribution >= 4 is 22.4 Å². The Bertz CT molecular complexity index is 435. The van der Waals surface area contributed by atoms with Crippen LogP contribution in [0.1, 0.15) is 38.2 Å². The van der Waals surface area contributed by atoms with Gasteiger partial charge in [-0.1, -0.05) is 37.1 Å². The molecule has 0 spiro atoms. The predicted molar refractivity (Wildman–Crippen MR) is 87.6 cm³/mol. The standard InChI is InChI=1S/C16H24ClNOS/c1-2-18-16-5-3-4-14(16)10-11-20(19)12-13-6-8-15(17)9-7-13/h6-9,14,16,18H,2-5,10-12H2,1H3. The molecule has 0 aliphatic heterocycles. The van der Waals surface area contributed by atoms with E-state index in [9.17, 15) is 4.21 Å². The maximum absolute atomic E-state index is 12.2. The molecule has 112 valence electrons. The maximum atomic E-state index is 12.2. The molecule has 20 heavy (non-hydrogen) atoms. The minimum absolute atomic E-state index is 0.646. The monoisotopic (exact) mass is 313 g/mol. The van der Waals surface area contributed by atoms with E-state index in [1.165, 1.54) is 19.3 Å². The van der Waals surface area contributed by atoms with E-state index >= 15 is 0 Å². The molecule has 1 aromatic rings. The molecule has 4 heteroatoms. The van der Waals surface area contributed by atoms with Gasteiger partial charge >= 0.3 is 0 Å². The fourth-order valence-corrected chi connectivity index (χ4v) is 4.43. The first-order valence-corrected chi connectivity index (χ1v) is 9.38. The van der Waals surface area contributed by atoms with Gasteiger partial charge in [0.25, 0.3) is 0 Å². The fraction of sp³-hybridized carbons (Fsp3) is 0.625. The first-order valence-electron chi connectivity index (χ1n) is 7.52. The van der Waals surface area contributed by atoms with Crippen LogP contribution in [-0.2, 0) is 16.6 Å². The summed E-state index contributed by atoms with van der Waals surface area (Å²) in [6, 6.07) is 8.32. The van der Waals surface area contributed by atoms with Crippen LogP contribution in [-0.4, -0.2) is 22.5 Å². The summed E-state index contributed by atoms with van der Waals surface area (Å²) in [5, 5.41) is 4.30. The van der Waals surface area contributed by atoms with E-state index in [2.05, 4.69) is 12.2 Å². The van der Waals surface area contributed by atoms with E-state index in [0.717, 1.165) is 29.3 Å². The van der Waals surface area contributed by atoms with Crippen LogP contribution in [0.15, 0.2) is 24.3 Å². The van der Waals surface area contributed by atoms with Crippen LogP contribution in [0.25, 0.3) is 0 Å². The summed E-state index contributed by atoms with van der Waals surface area (Å²) in [6.45, 7) is 3.20. The number of nitrogens with one attached hydrogen (secondary N) is 1. The van der Waals surface area contributed by atoms with Crippen molar-refractivity contribution in [2.45, 2.75) is 44.4 Å². The van der Waals surface area contributed by atoms with E-state index < -0.39 is 10.8 Å². The van der Waals surface area contributed by atoms with Crippen molar-refractivity contribution in [2.75, 3.05) is 12.3 Å². The molecule has 0 aromatic heterocycles. The summed E-state index contributed by atoms with van der Waals surface area (Å²) in [4.78, 5) is 0. The van der Waals surface area contributed by atoms with Crippen LogP contribution < -0.4 is 5.32 Å². The van der Waals surface area contributed by atoms with Gasteiger partial charge in [0, 0.05) is 33.4 Å². The van der Waals surface area contributed by atoms with Crippen molar-refractivity contribution < 1.29 is 4.21 Å². The zero-order valence-electron chi connectivity index (χ0n) is 12.1. The molecule has 1 aromatic carbocycles. The summed E-state index contributed by atoms with van der Waals surface area (Å²) in [5.41, 5.74) is 1.11. The van der Waals surface area contributed by atoms with E-state index in [1.807, 2.05) is 24.3 Å². The van der Waals surface area contributed by atoms with Crippen molar-refractivity contribution in [1.82, 2.24) is 5.32 Å². The highest BCUT2D eigenvalue weighted by molar-refractivity contribution is 7.84.